The maximum absolute atomic E-state index is 11.6. The molecule has 8 heteroatoms. The molecule has 0 aromatic heterocycles. The van der Waals surface area contributed by atoms with Crippen molar-refractivity contribution in [2.24, 2.45) is 0 Å². The molecule has 0 saturated carbocycles. The predicted octanol–water partition coefficient (Wildman–Crippen LogP) is 0.812. The van der Waals surface area contributed by atoms with Gasteiger partial charge in [-0.15, -0.1) is 0 Å². The highest BCUT2D eigenvalue weighted by Gasteiger charge is 2.14. The fourth-order valence-electron chi connectivity index (χ4n) is 1.58. The molecule has 0 aliphatic carbocycles. The van der Waals surface area contributed by atoms with Crippen LogP contribution in [0.1, 0.15) is 19.3 Å². The normalized spacial score (nSPS) is 9.95. The summed E-state index contributed by atoms with van der Waals surface area (Å²) in [6, 6.07) is 5.34. The molecule has 1 rings (SSSR count). The van der Waals surface area contributed by atoms with Crippen LogP contribution in [0.2, 0.25) is 0 Å². The van der Waals surface area contributed by atoms with Crippen LogP contribution >= 0.6 is 0 Å². The smallest absolute Gasteiger partial charge is 0.313 e. The van der Waals surface area contributed by atoms with Gasteiger partial charge in [0, 0.05) is 31.0 Å². The van der Waals surface area contributed by atoms with Crippen molar-refractivity contribution < 1.29 is 19.6 Å². The fourth-order valence-corrected chi connectivity index (χ4v) is 1.58. The van der Waals surface area contributed by atoms with Crippen LogP contribution in [-0.4, -0.2) is 35.0 Å². The summed E-state index contributed by atoms with van der Waals surface area (Å²) in [5.74, 6) is -1.68. The highest BCUT2D eigenvalue weighted by atomic mass is 16.6. The molecule has 0 spiro atoms. The van der Waals surface area contributed by atoms with Gasteiger partial charge in [-0.05, 0) is 25.3 Å². The number of hydrogen-bond donors (Lipinski definition) is 3. The molecule has 0 saturated heterocycles. The number of benzene rings is 1. The number of carbonyl (C=O) groups is 2. The topological polar surface area (TPSA) is 122 Å². The number of anilines is 1. The number of amides is 2. The number of hydrogen-bond acceptors (Lipinski definition) is 5. The van der Waals surface area contributed by atoms with E-state index >= 15 is 0 Å². The van der Waals surface area contributed by atoms with Gasteiger partial charge in [0.25, 0.3) is 5.69 Å². The van der Waals surface area contributed by atoms with Crippen LogP contribution in [0.4, 0.5) is 11.4 Å². The average molecular weight is 295 g/mol. The molecule has 0 aliphatic rings. The first-order valence-corrected chi connectivity index (χ1v) is 6.49. The fraction of sp³-hybridized carbons (Fsp3) is 0.385. The van der Waals surface area contributed by atoms with Crippen LogP contribution in [0, 0.1) is 10.1 Å². The molecule has 0 radical (unpaired) electrons. The molecule has 0 unspecified atom stereocenters. The van der Waals surface area contributed by atoms with Gasteiger partial charge in [0.1, 0.15) is 0 Å². The number of nitro benzene ring substituents is 1. The van der Waals surface area contributed by atoms with E-state index < -0.39 is 16.7 Å². The van der Waals surface area contributed by atoms with Crippen LogP contribution in [0.5, 0.6) is 0 Å². The zero-order chi connectivity index (χ0) is 15.7. The minimum Gasteiger partial charge on any atom is -0.396 e. The van der Waals surface area contributed by atoms with Gasteiger partial charge < -0.3 is 15.7 Å². The summed E-state index contributed by atoms with van der Waals surface area (Å²) in [5.41, 5.74) is 0.0156. The second-order valence-corrected chi connectivity index (χ2v) is 4.30. The number of rotatable bonds is 7. The Bertz CT molecular complexity index is 518. The van der Waals surface area contributed by atoms with Crippen molar-refractivity contribution in [3.63, 3.8) is 0 Å². The second-order valence-electron chi connectivity index (χ2n) is 4.30. The first-order valence-electron chi connectivity index (χ1n) is 6.49. The SMILES string of the molecule is O=C(NCCCCCO)C(=O)Nc1cccc([N+](=O)[O-])c1. The summed E-state index contributed by atoms with van der Waals surface area (Å²) in [6.45, 7) is 0.433. The Kier molecular flexibility index (Phi) is 6.82. The maximum Gasteiger partial charge on any atom is 0.313 e. The number of nitrogens with zero attached hydrogens (tertiary/aromatic N) is 1. The number of nitro groups is 1. The van der Waals surface area contributed by atoms with Gasteiger partial charge in [0.15, 0.2) is 0 Å². The van der Waals surface area contributed by atoms with Crippen LogP contribution in [0.15, 0.2) is 24.3 Å². The van der Waals surface area contributed by atoms with E-state index in [9.17, 15) is 19.7 Å². The largest absolute Gasteiger partial charge is 0.396 e. The van der Waals surface area contributed by atoms with E-state index in [4.69, 9.17) is 5.11 Å². The average Bonchev–Trinajstić information content (AvgIpc) is 2.47. The van der Waals surface area contributed by atoms with Gasteiger partial charge in [0.05, 0.1) is 4.92 Å². The van der Waals surface area contributed by atoms with Crippen LogP contribution in [-0.2, 0) is 9.59 Å². The third kappa shape index (κ3) is 6.00. The Morgan fingerprint density at radius 1 is 1.19 bits per heavy atom. The van der Waals surface area contributed by atoms with Crippen molar-refractivity contribution in [3.8, 4) is 0 Å². The van der Waals surface area contributed by atoms with E-state index in [0.29, 0.717) is 19.4 Å². The Hall–Kier alpha value is -2.48. The number of non-ortho nitro benzene ring substituents is 1. The zero-order valence-corrected chi connectivity index (χ0v) is 11.4. The Morgan fingerprint density at radius 3 is 2.62 bits per heavy atom. The number of unbranched alkanes of at least 4 members (excludes halogenated alkanes) is 2. The highest BCUT2D eigenvalue weighted by molar-refractivity contribution is 6.39. The minimum atomic E-state index is -0.877. The van der Waals surface area contributed by atoms with Gasteiger partial charge >= 0.3 is 11.8 Å². The number of aliphatic hydroxyl groups is 1. The maximum atomic E-state index is 11.6. The van der Waals surface area contributed by atoms with Crippen molar-refractivity contribution >= 4 is 23.2 Å². The Balaban J connectivity index is 2.43. The molecule has 3 N–H and O–H groups in total. The van der Waals surface area contributed by atoms with Crippen molar-refractivity contribution in [2.75, 3.05) is 18.5 Å². The number of nitrogens with one attached hydrogen (secondary N) is 2. The summed E-state index contributed by atoms with van der Waals surface area (Å²) in [5, 5.41) is 23.9. The van der Waals surface area contributed by atoms with Gasteiger partial charge in [-0.25, -0.2) is 0 Å². The quantitative estimate of drug-likeness (QED) is 0.297. The molecule has 1 aromatic rings. The molecular weight excluding hydrogens is 278 g/mol. The lowest BCUT2D eigenvalue weighted by Gasteiger charge is -2.06. The van der Waals surface area contributed by atoms with E-state index in [1.165, 1.54) is 24.3 Å². The third-order valence-electron chi connectivity index (χ3n) is 2.64. The van der Waals surface area contributed by atoms with E-state index in [1.54, 1.807) is 0 Å². The molecule has 0 aliphatic heterocycles. The van der Waals surface area contributed by atoms with Crippen LogP contribution < -0.4 is 10.6 Å². The second kappa shape index (κ2) is 8.64. The molecule has 114 valence electrons. The molecule has 0 atom stereocenters. The summed E-state index contributed by atoms with van der Waals surface area (Å²) in [6.07, 6.45) is 2.06. The lowest BCUT2D eigenvalue weighted by Crippen LogP contribution is -2.35. The molecule has 0 heterocycles. The summed E-state index contributed by atoms with van der Waals surface area (Å²) in [4.78, 5) is 33.1. The van der Waals surface area contributed by atoms with E-state index in [1.807, 2.05) is 0 Å². The number of aliphatic hydroxyl groups excluding tert-OH is 1. The summed E-state index contributed by atoms with van der Waals surface area (Å²) >= 11 is 0. The van der Waals surface area contributed by atoms with E-state index in [2.05, 4.69) is 10.6 Å². The molecule has 0 fully saturated rings. The van der Waals surface area contributed by atoms with Gasteiger partial charge in [-0.2, -0.15) is 0 Å². The summed E-state index contributed by atoms with van der Waals surface area (Å²) in [7, 11) is 0. The van der Waals surface area contributed by atoms with Gasteiger partial charge in [-0.3, -0.25) is 19.7 Å². The number of carbonyl (C=O) groups excluding carboxylic acids is 2. The van der Waals surface area contributed by atoms with Crippen molar-refractivity contribution in [2.45, 2.75) is 19.3 Å². The van der Waals surface area contributed by atoms with Gasteiger partial charge in [-0.1, -0.05) is 6.07 Å². The first kappa shape index (κ1) is 16.6. The van der Waals surface area contributed by atoms with Crippen molar-refractivity contribution in [1.29, 1.82) is 0 Å². The molecule has 2 amide bonds. The monoisotopic (exact) mass is 295 g/mol. The van der Waals surface area contributed by atoms with Crippen LogP contribution in [0.3, 0.4) is 0 Å². The van der Waals surface area contributed by atoms with E-state index in [0.717, 1.165) is 6.42 Å². The molecule has 8 nitrogen and oxygen atoms in total. The lowest BCUT2D eigenvalue weighted by atomic mass is 10.2. The van der Waals surface area contributed by atoms with Crippen molar-refractivity contribution in [1.82, 2.24) is 5.32 Å². The van der Waals surface area contributed by atoms with Crippen LogP contribution in [0.25, 0.3) is 0 Å². The van der Waals surface area contributed by atoms with Gasteiger partial charge in [0.2, 0.25) is 0 Å². The Labute approximate surface area is 121 Å². The minimum absolute atomic E-state index is 0.0984. The highest BCUT2D eigenvalue weighted by Crippen LogP contribution is 2.16. The summed E-state index contributed by atoms with van der Waals surface area (Å²) < 4.78 is 0. The van der Waals surface area contributed by atoms with Crippen molar-refractivity contribution in [3.05, 3.63) is 34.4 Å². The van der Waals surface area contributed by atoms with E-state index in [-0.39, 0.29) is 18.0 Å². The predicted molar refractivity (Wildman–Crippen MR) is 75.7 cm³/mol. The lowest BCUT2D eigenvalue weighted by molar-refractivity contribution is -0.384. The molecule has 21 heavy (non-hydrogen) atoms. The molecular formula is C13H17N3O5. The standard InChI is InChI=1S/C13H17N3O5/c17-8-3-1-2-7-14-12(18)13(19)15-10-5-4-6-11(9-10)16(20)21/h4-6,9,17H,1-3,7-8H2,(H,14,18)(H,15,19). The Morgan fingerprint density at radius 2 is 1.95 bits per heavy atom. The third-order valence-corrected chi connectivity index (χ3v) is 2.64. The molecule has 1 aromatic carbocycles. The first-order chi connectivity index (χ1) is 10.0. The molecule has 0 bridgehead atoms. The zero-order valence-electron chi connectivity index (χ0n) is 11.4.